The molecule has 0 unspecified atom stereocenters. The van der Waals surface area contributed by atoms with E-state index in [2.05, 4.69) is 26.5 Å². The van der Waals surface area contributed by atoms with Crippen molar-refractivity contribution >= 4 is 39.0 Å². The van der Waals surface area contributed by atoms with E-state index < -0.39 is 5.91 Å². The lowest BCUT2D eigenvalue weighted by atomic mass is 10.2. The third kappa shape index (κ3) is 3.83. The van der Waals surface area contributed by atoms with Gasteiger partial charge in [0.15, 0.2) is 17.3 Å². The van der Waals surface area contributed by atoms with E-state index in [1.165, 1.54) is 6.21 Å². The number of phenols is 1. The van der Waals surface area contributed by atoms with Crippen LogP contribution in [0, 0.1) is 0 Å². The molecule has 0 spiro atoms. The molecular weight excluding hydrogens is 388 g/mol. The van der Waals surface area contributed by atoms with Gasteiger partial charge in [0.25, 0.3) is 0 Å². The number of nitrogens with zero attached hydrogens (tertiary/aromatic N) is 1. The molecule has 2 aromatic carbocycles. The summed E-state index contributed by atoms with van der Waals surface area (Å²) in [6.07, 6.45) is 1.34. The highest BCUT2D eigenvalue weighted by Crippen LogP contribution is 2.28. The van der Waals surface area contributed by atoms with Crippen LogP contribution in [0.25, 0.3) is 11.0 Å². The number of nitrogens with one attached hydrogen (secondary N) is 1. The topological polar surface area (TPSA) is 84.1 Å². The summed E-state index contributed by atoms with van der Waals surface area (Å²) in [5, 5.41) is 14.7. The van der Waals surface area contributed by atoms with E-state index in [1.807, 2.05) is 19.1 Å². The highest BCUT2D eigenvalue weighted by atomic mass is 79.9. The van der Waals surface area contributed by atoms with Crippen LogP contribution < -0.4 is 10.2 Å². The predicted octanol–water partition coefficient (Wildman–Crippen LogP) is 4.06. The van der Waals surface area contributed by atoms with Crippen molar-refractivity contribution in [3.05, 3.63) is 58.3 Å². The van der Waals surface area contributed by atoms with Crippen molar-refractivity contribution in [3.63, 3.8) is 0 Å². The first kappa shape index (κ1) is 17.0. The van der Waals surface area contributed by atoms with Gasteiger partial charge in [0.1, 0.15) is 5.58 Å². The van der Waals surface area contributed by atoms with E-state index in [1.54, 1.807) is 30.3 Å². The minimum absolute atomic E-state index is 0.0315. The number of hydrazone groups is 1. The number of halogens is 1. The molecule has 0 aliphatic carbocycles. The van der Waals surface area contributed by atoms with Gasteiger partial charge in [0, 0.05) is 15.4 Å². The second-order valence-electron chi connectivity index (χ2n) is 5.12. The number of fused-ring (bicyclic) bond motifs is 1. The minimum atomic E-state index is -0.482. The first-order valence-corrected chi connectivity index (χ1v) is 8.35. The molecule has 0 saturated heterocycles. The van der Waals surface area contributed by atoms with Crippen LogP contribution in [0.5, 0.6) is 11.5 Å². The van der Waals surface area contributed by atoms with E-state index in [9.17, 15) is 9.90 Å². The van der Waals surface area contributed by atoms with Gasteiger partial charge in [0.05, 0.1) is 12.8 Å². The fraction of sp³-hybridized carbons (Fsp3) is 0.111. The Labute approximate surface area is 152 Å². The van der Waals surface area contributed by atoms with Gasteiger partial charge in [-0.1, -0.05) is 22.0 Å². The number of para-hydroxylation sites is 1. The summed E-state index contributed by atoms with van der Waals surface area (Å²) in [5.74, 6) is -0.00172. The van der Waals surface area contributed by atoms with Crippen LogP contribution in [0.2, 0.25) is 0 Å². The monoisotopic (exact) mass is 402 g/mol. The van der Waals surface area contributed by atoms with Crippen molar-refractivity contribution < 1.29 is 19.1 Å². The van der Waals surface area contributed by atoms with Crippen LogP contribution in [0.1, 0.15) is 23.0 Å². The van der Waals surface area contributed by atoms with Crippen molar-refractivity contribution in [3.8, 4) is 11.5 Å². The average Bonchev–Trinajstić information content (AvgIpc) is 3.01. The van der Waals surface area contributed by atoms with Crippen molar-refractivity contribution in [2.45, 2.75) is 6.92 Å². The molecule has 2 N–H and O–H groups in total. The Morgan fingerprint density at radius 3 is 3.00 bits per heavy atom. The third-order valence-corrected chi connectivity index (χ3v) is 3.90. The number of hydrogen-bond donors (Lipinski definition) is 2. The minimum Gasteiger partial charge on any atom is -0.504 e. The standard InChI is InChI=1S/C18H15BrN2O4/c1-2-24-15-5-3-4-11(17(15)22)10-20-21-18(23)16-9-12-8-13(19)6-7-14(12)25-16/h3-10,22H,2H2,1H3,(H,21,23)/b20-10+. The van der Waals surface area contributed by atoms with Gasteiger partial charge < -0.3 is 14.3 Å². The molecule has 25 heavy (non-hydrogen) atoms. The maximum Gasteiger partial charge on any atom is 0.307 e. The van der Waals surface area contributed by atoms with E-state index >= 15 is 0 Å². The summed E-state index contributed by atoms with van der Waals surface area (Å²) in [5.41, 5.74) is 3.42. The zero-order chi connectivity index (χ0) is 17.8. The lowest BCUT2D eigenvalue weighted by molar-refractivity contribution is 0.0929. The summed E-state index contributed by atoms with van der Waals surface area (Å²) >= 11 is 3.37. The normalized spacial score (nSPS) is 11.1. The number of furan rings is 1. The second-order valence-corrected chi connectivity index (χ2v) is 6.03. The number of phenolic OH excluding ortho intramolecular Hbond substituents is 1. The lowest BCUT2D eigenvalue weighted by Crippen LogP contribution is -2.16. The largest absolute Gasteiger partial charge is 0.504 e. The van der Waals surface area contributed by atoms with Crippen molar-refractivity contribution in [2.24, 2.45) is 5.10 Å². The van der Waals surface area contributed by atoms with E-state index in [4.69, 9.17) is 9.15 Å². The van der Waals surface area contributed by atoms with Gasteiger partial charge in [-0.2, -0.15) is 5.10 Å². The van der Waals surface area contributed by atoms with Gasteiger partial charge in [0.2, 0.25) is 0 Å². The second kappa shape index (κ2) is 7.40. The SMILES string of the molecule is CCOc1cccc(/C=N/NC(=O)c2cc3cc(Br)ccc3o2)c1O. The number of hydrogen-bond acceptors (Lipinski definition) is 5. The summed E-state index contributed by atoms with van der Waals surface area (Å²) in [6, 6.07) is 12.1. The molecule has 0 aliphatic rings. The molecule has 0 saturated carbocycles. The zero-order valence-electron chi connectivity index (χ0n) is 13.3. The number of carbonyl (C=O) groups excluding carboxylic acids is 1. The molecule has 3 rings (SSSR count). The molecule has 0 bridgehead atoms. The fourth-order valence-electron chi connectivity index (χ4n) is 2.26. The molecular formula is C18H15BrN2O4. The molecule has 7 heteroatoms. The first-order valence-electron chi connectivity index (χ1n) is 7.55. The average molecular weight is 403 g/mol. The molecule has 0 aliphatic heterocycles. The van der Waals surface area contributed by atoms with Gasteiger partial charge in [-0.15, -0.1) is 0 Å². The smallest absolute Gasteiger partial charge is 0.307 e. The van der Waals surface area contributed by atoms with Crippen LogP contribution in [0.3, 0.4) is 0 Å². The number of amides is 1. The molecule has 0 fully saturated rings. The van der Waals surface area contributed by atoms with E-state index in [0.717, 1.165) is 9.86 Å². The van der Waals surface area contributed by atoms with Gasteiger partial charge in [-0.05, 0) is 43.3 Å². The van der Waals surface area contributed by atoms with Crippen LogP contribution in [0.4, 0.5) is 0 Å². The third-order valence-electron chi connectivity index (χ3n) is 3.40. The van der Waals surface area contributed by atoms with Crippen molar-refractivity contribution in [1.29, 1.82) is 0 Å². The highest BCUT2D eigenvalue weighted by molar-refractivity contribution is 9.10. The van der Waals surface area contributed by atoms with Crippen LogP contribution in [0.15, 0.2) is 56.5 Å². The van der Waals surface area contributed by atoms with Crippen LogP contribution >= 0.6 is 15.9 Å². The van der Waals surface area contributed by atoms with E-state index in [0.29, 0.717) is 23.5 Å². The summed E-state index contributed by atoms with van der Waals surface area (Å²) in [6.45, 7) is 2.26. The summed E-state index contributed by atoms with van der Waals surface area (Å²) in [4.78, 5) is 12.1. The number of ether oxygens (including phenoxy) is 1. The molecule has 0 atom stereocenters. The van der Waals surface area contributed by atoms with Gasteiger partial charge in [-0.25, -0.2) is 5.43 Å². The van der Waals surface area contributed by atoms with Crippen molar-refractivity contribution in [1.82, 2.24) is 5.43 Å². The molecule has 1 amide bonds. The Hall–Kier alpha value is -2.80. The first-order chi connectivity index (χ1) is 12.1. The molecule has 128 valence electrons. The van der Waals surface area contributed by atoms with E-state index in [-0.39, 0.29) is 11.5 Å². The number of benzene rings is 2. The number of rotatable bonds is 5. The Bertz CT molecular complexity index is 949. The Morgan fingerprint density at radius 1 is 1.36 bits per heavy atom. The maximum absolute atomic E-state index is 12.1. The summed E-state index contributed by atoms with van der Waals surface area (Å²) in [7, 11) is 0. The molecule has 6 nitrogen and oxygen atoms in total. The quantitative estimate of drug-likeness (QED) is 0.497. The molecule has 0 radical (unpaired) electrons. The van der Waals surface area contributed by atoms with Crippen LogP contribution in [-0.2, 0) is 0 Å². The molecule has 1 aromatic heterocycles. The number of carbonyl (C=O) groups is 1. The van der Waals surface area contributed by atoms with Gasteiger partial charge in [-0.3, -0.25) is 4.79 Å². The predicted molar refractivity (Wildman–Crippen MR) is 98.3 cm³/mol. The Balaban J connectivity index is 1.73. The number of aromatic hydroxyl groups is 1. The maximum atomic E-state index is 12.1. The highest BCUT2D eigenvalue weighted by Gasteiger charge is 2.12. The molecule has 3 aromatic rings. The lowest BCUT2D eigenvalue weighted by Gasteiger charge is -2.06. The summed E-state index contributed by atoms with van der Waals surface area (Å²) < 4.78 is 11.7. The van der Waals surface area contributed by atoms with Crippen molar-refractivity contribution in [2.75, 3.05) is 6.61 Å². The molecule has 1 heterocycles. The Morgan fingerprint density at radius 2 is 2.20 bits per heavy atom. The van der Waals surface area contributed by atoms with Gasteiger partial charge >= 0.3 is 5.91 Å². The fourth-order valence-corrected chi connectivity index (χ4v) is 2.64. The van der Waals surface area contributed by atoms with Crippen LogP contribution in [-0.4, -0.2) is 23.8 Å². The zero-order valence-corrected chi connectivity index (χ0v) is 14.9. The Kier molecular flexibility index (Phi) is 5.04.